The Hall–Kier alpha value is -2.78. The van der Waals surface area contributed by atoms with E-state index >= 15 is 0 Å². The van der Waals surface area contributed by atoms with Gasteiger partial charge in [-0.2, -0.15) is 0 Å². The average molecular weight is 376 g/mol. The number of hydrogen-bond donors (Lipinski definition) is 2. The van der Waals surface area contributed by atoms with Crippen molar-refractivity contribution in [1.29, 1.82) is 0 Å². The Labute approximate surface area is 152 Å². The van der Waals surface area contributed by atoms with Gasteiger partial charge in [-0.3, -0.25) is 14.6 Å². The first kappa shape index (κ1) is 19.5. The molecule has 0 aliphatic heterocycles. The quantitative estimate of drug-likeness (QED) is 0.752. The van der Waals surface area contributed by atoms with Crippen LogP contribution in [0.5, 0.6) is 0 Å². The molecule has 0 fully saturated rings. The smallest absolute Gasteiger partial charge is 0.253 e. The van der Waals surface area contributed by atoms with Gasteiger partial charge in [0.25, 0.3) is 5.91 Å². The van der Waals surface area contributed by atoms with E-state index in [2.05, 4.69) is 15.0 Å². The monoisotopic (exact) mass is 376 g/mol. The van der Waals surface area contributed by atoms with E-state index in [-0.39, 0.29) is 29.7 Å². The summed E-state index contributed by atoms with van der Waals surface area (Å²) in [5.41, 5.74) is 1.04. The number of pyridine rings is 1. The fraction of sp³-hybridized carbons (Fsp3) is 0.235. The number of amides is 2. The van der Waals surface area contributed by atoms with Crippen LogP contribution in [-0.4, -0.2) is 50.8 Å². The lowest BCUT2D eigenvalue weighted by Crippen LogP contribution is -2.28. The summed E-state index contributed by atoms with van der Waals surface area (Å²) in [6, 6.07) is 9.41. The number of anilines is 1. The molecule has 0 aliphatic carbocycles. The number of nitrogens with one attached hydrogen (secondary N) is 2. The fourth-order valence-electron chi connectivity index (χ4n) is 2.07. The summed E-state index contributed by atoms with van der Waals surface area (Å²) in [7, 11) is -0.372. The summed E-state index contributed by atoms with van der Waals surface area (Å²) in [6.07, 6.45) is 2.68. The number of rotatable bonds is 7. The minimum absolute atomic E-state index is 0.0299. The summed E-state index contributed by atoms with van der Waals surface area (Å²) in [5, 5.41) is 2.65. The van der Waals surface area contributed by atoms with Gasteiger partial charge >= 0.3 is 0 Å². The molecule has 1 aromatic heterocycles. The Bertz CT molecular complexity index is 865. The third-order valence-electron chi connectivity index (χ3n) is 3.41. The van der Waals surface area contributed by atoms with Crippen molar-refractivity contribution in [3.05, 3.63) is 54.4 Å². The largest absolute Gasteiger partial charge is 0.345 e. The highest BCUT2D eigenvalue weighted by Crippen LogP contribution is 2.11. The van der Waals surface area contributed by atoms with Gasteiger partial charge < -0.3 is 10.2 Å². The van der Waals surface area contributed by atoms with Gasteiger partial charge in [-0.05, 0) is 36.4 Å². The van der Waals surface area contributed by atoms with Crippen molar-refractivity contribution in [2.75, 3.05) is 26.0 Å². The van der Waals surface area contributed by atoms with Gasteiger partial charge in [0.1, 0.15) is 4.90 Å². The summed E-state index contributed by atoms with van der Waals surface area (Å²) >= 11 is 0. The molecule has 2 amide bonds. The molecule has 0 saturated heterocycles. The van der Waals surface area contributed by atoms with E-state index in [0.717, 1.165) is 0 Å². The Morgan fingerprint density at radius 1 is 1.12 bits per heavy atom. The lowest BCUT2D eigenvalue weighted by atomic mass is 10.2. The molecule has 0 saturated carbocycles. The zero-order chi connectivity index (χ0) is 19.2. The molecule has 0 radical (unpaired) electrons. The topological polar surface area (TPSA) is 108 Å². The van der Waals surface area contributed by atoms with Crippen molar-refractivity contribution in [3.63, 3.8) is 0 Å². The second-order valence-corrected chi connectivity index (χ2v) is 7.43. The number of carbonyl (C=O) groups is 2. The number of nitrogens with zero attached hydrogens (tertiary/aromatic N) is 2. The first-order chi connectivity index (χ1) is 12.3. The van der Waals surface area contributed by atoms with Crippen LogP contribution in [0, 0.1) is 0 Å². The van der Waals surface area contributed by atoms with Crippen LogP contribution in [0.3, 0.4) is 0 Å². The van der Waals surface area contributed by atoms with Gasteiger partial charge in [-0.1, -0.05) is 0 Å². The van der Waals surface area contributed by atoms with Gasteiger partial charge in [-0.15, -0.1) is 0 Å². The van der Waals surface area contributed by atoms with E-state index in [4.69, 9.17) is 0 Å². The van der Waals surface area contributed by atoms with Crippen molar-refractivity contribution in [2.45, 2.75) is 11.3 Å². The molecule has 0 aliphatic rings. The number of carbonyl (C=O) groups excluding carboxylic acids is 2. The van der Waals surface area contributed by atoms with E-state index in [1.54, 1.807) is 38.4 Å². The van der Waals surface area contributed by atoms with Crippen LogP contribution in [0.4, 0.5) is 5.69 Å². The van der Waals surface area contributed by atoms with E-state index in [9.17, 15) is 18.0 Å². The van der Waals surface area contributed by atoms with Crippen LogP contribution >= 0.6 is 0 Å². The van der Waals surface area contributed by atoms with Crippen molar-refractivity contribution in [1.82, 2.24) is 14.6 Å². The van der Waals surface area contributed by atoms with Crippen molar-refractivity contribution in [2.24, 2.45) is 0 Å². The summed E-state index contributed by atoms with van der Waals surface area (Å²) < 4.78 is 26.4. The Morgan fingerprint density at radius 3 is 2.38 bits per heavy atom. The molecule has 0 spiro atoms. The predicted octanol–water partition coefficient (Wildman–Crippen LogP) is 1.09. The van der Waals surface area contributed by atoms with Gasteiger partial charge in [0.05, 0.1) is 0 Å². The van der Waals surface area contributed by atoms with E-state index in [0.29, 0.717) is 11.3 Å². The molecule has 1 heterocycles. The maximum Gasteiger partial charge on any atom is 0.253 e. The normalized spacial score (nSPS) is 11.0. The number of aromatic nitrogens is 1. The van der Waals surface area contributed by atoms with Gasteiger partial charge in [0.2, 0.25) is 15.9 Å². The highest BCUT2D eigenvalue weighted by molar-refractivity contribution is 7.89. The average Bonchev–Trinajstić information content (AvgIpc) is 2.62. The number of benzene rings is 1. The molecule has 2 aromatic rings. The fourth-order valence-corrected chi connectivity index (χ4v) is 3.06. The molecule has 2 rings (SSSR count). The zero-order valence-electron chi connectivity index (χ0n) is 14.5. The molecule has 2 N–H and O–H groups in total. The minimum Gasteiger partial charge on any atom is -0.345 e. The molecule has 26 heavy (non-hydrogen) atoms. The maximum atomic E-state index is 12.0. The Morgan fingerprint density at radius 2 is 1.81 bits per heavy atom. The second-order valence-electron chi connectivity index (χ2n) is 5.66. The predicted molar refractivity (Wildman–Crippen MR) is 97.1 cm³/mol. The number of hydrogen-bond acceptors (Lipinski definition) is 5. The molecule has 0 bridgehead atoms. The molecular weight excluding hydrogens is 356 g/mol. The summed E-state index contributed by atoms with van der Waals surface area (Å²) in [6.45, 7) is -0.0414. The molecule has 8 nitrogen and oxygen atoms in total. The van der Waals surface area contributed by atoms with Crippen molar-refractivity contribution >= 4 is 27.5 Å². The maximum absolute atomic E-state index is 12.0. The lowest BCUT2D eigenvalue weighted by Gasteiger charge is -2.11. The lowest BCUT2D eigenvalue weighted by molar-refractivity contribution is -0.116. The Kier molecular flexibility index (Phi) is 6.42. The van der Waals surface area contributed by atoms with E-state index in [1.165, 1.54) is 29.4 Å². The Balaban J connectivity index is 1.85. The van der Waals surface area contributed by atoms with Crippen molar-refractivity contribution in [3.8, 4) is 0 Å². The molecule has 138 valence electrons. The highest BCUT2D eigenvalue weighted by atomic mass is 32.2. The molecular formula is C17H20N4O4S. The van der Waals surface area contributed by atoms with Gasteiger partial charge in [-0.25, -0.2) is 13.1 Å². The van der Waals surface area contributed by atoms with Crippen LogP contribution < -0.4 is 10.0 Å². The van der Waals surface area contributed by atoms with E-state index < -0.39 is 10.0 Å². The summed E-state index contributed by atoms with van der Waals surface area (Å²) in [4.78, 5) is 29.0. The third-order valence-corrected chi connectivity index (χ3v) is 4.86. The standard InChI is InChI=1S/C17H20N4O4S/c1-21(2)17(23)13-5-7-14(8-6-13)20-16(22)9-11-19-26(24,25)15-4-3-10-18-12-15/h3-8,10,12,19H,9,11H2,1-2H3,(H,20,22). The summed E-state index contributed by atoms with van der Waals surface area (Å²) in [5.74, 6) is -0.474. The van der Waals surface area contributed by atoms with Crippen molar-refractivity contribution < 1.29 is 18.0 Å². The SMILES string of the molecule is CN(C)C(=O)c1ccc(NC(=O)CCNS(=O)(=O)c2cccnc2)cc1. The molecule has 9 heteroatoms. The third kappa shape index (κ3) is 5.36. The first-order valence-corrected chi connectivity index (χ1v) is 9.29. The van der Waals surface area contributed by atoms with Gasteiger partial charge in [0.15, 0.2) is 0 Å². The molecule has 0 atom stereocenters. The van der Waals surface area contributed by atoms with Crippen LogP contribution in [0.25, 0.3) is 0 Å². The molecule has 1 aromatic carbocycles. The number of sulfonamides is 1. The molecule has 0 unspecified atom stereocenters. The van der Waals surface area contributed by atoms with Crippen LogP contribution in [0.2, 0.25) is 0 Å². The van der Waals surface area contributed by atoms with Crippen LogP contribution in [-0.2, 0) is 14.8 Å². The zero-order valence-corrected chi connectivity index (χ0v) is 15.3. The van der Waals surface area contributed by atoms with E-state index in [1.807, 2.05) is 0 Å². The second kappa shape index (κ2) is 8.54. The highest BCUT2D eigenvalue weighted by Gasteiger charge is 2.14. The van der Waals surface area contributed by atoms with Crippen LogP contribution in [0.1, 0.15) is 16.8 Å². The minimum atomic E-state index is -3.69. The van der Waals surface area contributed by atoms with Gasteiger partial charge in [0, 0.05) is 50.7 Å². The first-order valence-electron chi connectivity index (χ1n) is 7.81. The van der Waals surface area contributed by atoms with Crippen LogP contribution in [0.15, 0.2) is 53.7 Å².